The Labute approximate surface area is 126 Å². The SMILES string of the molecule is COC(C)CCC(=O)Nc1ccc(Br)cc1/C(N)=N/O. The zero-order chi connectivity index (χ0) is 15.1. The van der Waals surface area contributed by atoms with Crippen LogP contribution in [-0.4, -0.2) is 30.2 Å². The van der Waals surface area contributed by atoms with Crippen LogP contribution in [0, 0.1) is 0 Å². The number of nitrogens with zero attached hydrogens (tertiary/aromatic N) is 1. The number of amidine groups is 1. The van der Waals surface area contributed by atoms with E-state index in [4.69, 9.17) is 15.7 Å². The van der Waals surface area contributed by atoms with E-state index < -0.39 is 0 Å². The molecule has 1 atom stereocenters. The van der Waals surface area contributed by atoms with E-state index in [1.807, 2.05) is 6.92 Å². The number of nitrogens with one attached hydrogen (secondary N) is 1. The molecular formula is C13H18BrN3O3. The smallest absolute Gasteiger partial charge is 0.224 e. The number of oxime groups is 1. The third-order valence-electron chi connectivity index (χ3n) is 2.82. The minimum absolute atomic E-state index is 0.0224. The molecule has 6 nitrogen and oxygen atoms in total. The molecule has 7 heteroatoms. The number of methoxy groups -OCH3 is 1. The van der Waals surface area contributed by atoms with Crippen LogP contribution < -0.4 is 11.1 Å². The molecule has 0 bridgehead atoms. The molecule has 1 unspecified atom stereocenters. The van der Waals surface area contributed by atoms with E-state index in [-0.39, 0.29) is 17.8 Å². The molecule has 110 valence electrons. The minimum atomic E-state index is -0.150. The fraction of sp³-hybridized carbons (Fsp3) is 0.385. The lowest BCUT2D eigenvalue weighted by Crippen LogP contribution is -2.20. The zero-order valence-electron chi connectivity index (χ0n) is 11.4. The molecule has 20 heavy (non-hydrogen) atoms. The molecule has 0 heterocycles. The zero-order valence-corrected chi connectivity index (χ0v) is 13.0. The summed E-state index contributed by atoms with van der Waals surface area (Å²) in [5.41, 5.74) is 6.54. The average molecular weight is 344 g/mol. The highest BCUT2D eigenvalue weighted by Crippen LogP contribution is 2.21. The van der Waals surface area contributed by atoms with E-state index in [1.165, 1.54) is 0 Å². The van der Waals surface area contributed by atoms with Crippen molar-refractivity contribution in [3.8, 4) is 0 Å². The van der Waals surface area contributed by atoms with Gasteiger partial charge < -0.3 is 21.0 Å². The van der Waals surface area contributed by atoms with Gasteiger partial charge >= 0.3 is 0 Å². The number of halogens is 1. The highest BCUT2D eigenvalue weighted by Gasteiger charge is 2.12. The van der Waals surface area contributed by atoms with Crippen LogP contribution in [0.15, 0.2) is 27.8 Å². The molecule has 0 aliphatic rings. The summed E-state index contributed by atoms with van der Waals surface area (Å²) in [5.74, 6) is -0.213. The van der Waals surface area contributed by atoms with Gasteiger partial charge in [-0.1, -0.05) is 21.1 Å². The maximum Gasteiger partial charge on any atom is 0.224 e. The summed E-state index contributed by atoms with van der Waals surface area (Å²) in [6, 6.07) is 5.12. The van der Waals surface area contributed by atoms with Gasteiger partial charge in [0.25, 0.3) is 0 Å². The normalized spacial score (nSPS) is 13.1. The predicted octanol–water partition coefficient (Wildman–Crippen LogP) is 2.30. The Morgan fingerprint density at radius 1 is 1.60 bits per heavy atom. The van der Waals surface area contributed by atoms with Gasteiger partial charge in [0.15, 0.2) is 5.84 Å². The molecular weight excluding hydrogens is 326 g/mol. The van der Waals surface area contributed by atoms with Crippen LogP contribution in [0.5, 0.6) is 0 Å². The molecule has 4 N–H and O–H groups in total. The number of carbonyl (C=O) groups is 1. The Kier molecular flexibility index (Phi) is 6.47. The van der Waals surface area contributed by atoms with Gasteiger partial charge in [0, 0.05) is 23.6 Å². The first-order valence-corrected chi connectivity index (χ1v) is 6.87. The van der Waals surface area contributed by atoms with Crippen molar-refractivity contribution >= 4 is 33.4 Å². The Bertz CT molecular complexity index is 506. The van der Waals surface area contributed by atoms with Crippen LogP contribution in [0.3, 0.4) is 0 Å². The number of rotatable bonds is 6. The quantitative estimate of drug-likeness (QED) is 0.319. The van der Waals surface area contributed by atoms with Crippen LogP contribution in [0.1, 0.15) is 25.3 Å². The maximum absolute atomic E-state index is 11.9. The number of carbonyl (C=O) groups excluding carboxylic acids is 1. The Balaban J connectivity index is 2.79. The summed E-state index contributed by atoms with van der Waals surface area (Å²) < 4.78 is 5.86. The summed E-state index contributed by atoms with van der Waals surface area (Å²) in [5, 5.41) is 14.5. The summed E-state index contributed by atoms with van der Waals surface area (Å²) >= 11 is 3.30. The lowest BCUT2D eigenvalue weighted by Gasteiger charge is -2.12. The van der Waals surface area contributed by atoms with E-state index in [0.29, 0.717) is 24.1 Å². The fourth-order valence-electron chi connectivity index (χ4n) is 1.56. The monoisotopic (exact) mass is 343 g/mol. The van der Waals surface area contributed by atoms with Gasteiger partial charge in [0.1, 0.15) is 0 Å². The average Bonchev–Trinajstić information content (AvgIpc) is 2.45. The molecule has 0 fully saturated rings. The lowest BCUT2D eigenvalue weighted by molar-refractivity contribution is -0.116. The van der Waals surface area contributed by atoms with Crippen LogP contribution in [-0.2, 0) is 9.53 Å². The van der Waals surface area contributed by atoms with Crippen LogP contribution in [0.2, 0.25) is 0 Å². The van der Waals surface area contributed by atoms with E-state index >= 15 is 0 Å². The molecule has 0 spiro atoms. The van der Waals surface area contributed by atoms with Crippen molar-refractivity contribution < 1.29 is 14.7 Å². The molecule has 0 aliphatic carbocycles. The number of hydrogen-bond donors (Lipinski definition) is 3. The van der Waals surface area contributed by atoms with Crippen molar-refractivity contribution in [2.24, 2.45) is 10.9 Å². The number of ether oxygens (including phenoxy) is 1. The van der Waals surface area contributed by atoms with Crippen molar-refractivity contribution in [1.82, 2.24) is 0 Å². The van der Waals surface area contributed by atoms with Gasteiger partial charge in [-0.25, -0.2) is 0 Å². The largest absolute Gasteiger partial charge is 0.409 e. The van der Waals surface area contributed by atoms with Gasteiger partial charge in [0.05, 0.1) is 11.8 Å². The van der Waals surface area contributed by atoms with E-state index in [2.05, 4.69) is 26.4 Å². The minimum Gasteiger partial charge on any atom is -0.409 e. The maximum atomic E-state index is 11.9. The molecule has 1 aromatic rings. The first-order chi connectivity index (χ1) is 9.47. The number of anilines is 1. The lowest BCUT2D eigenvalue weighted by atomic mass is 10.1. The van der Waals surface area contributed by atoms with Crippen molar-refractivity contribution in [2.45, 2.75) is 25.9 Å². The fourth-order valence-corrected chi connectivity index (χ4v) is 1.92. The van der Waals surface area contributed by atoms with Crippen molar-refractivity contribution in [3.63, 3.8) is 0 Å². The van der Waals surface area contributed by atoms with Crippen LogP contribution in [0.4, 0.5) is 5.69 Å². The summed E-state index contributed by atoms with van der Waals surface area (Å²) in [4.78, 5) is 11.9. The Morgan fingerprint density at radius 3 is 2.90 bits per heavy atom. The van der Waals surface area contributed by atoms with Gasteiger partial charge in [-0.2, -0.15) is 0 Å². The van der Waals surface area contributed by atoms with Crippen molar-refractivity contribution in [1.29, 1.82) is 0 Å². The molecule has 0 aromatic heterocycles. The van der Waals surface area contributed by atoms with Gasteiger partial charge in [-0.3, -0.25) is 4.79 Å². The summed E-state index contributed by atoms with van der Waals surface area (Å²) in [6.45, 7) is 1.90. The first-order valence-electron chi connectivity index (χ1n) is 6.08. The van der Waals surface area contributed by atoms with E-state index in [9.17, 15) is 4.79 Å². The van der Waals surface area contributed by atoms with Gasteiger partial charge in [0.2, 0.25) is 5.91 Å². The Hall–Kier alpha value is -1.60. The summed E-state index contributed by atoms with van der Waals surface area (Å²) in [7, 11) is 1.60. The number of nitrogens with two attached hydrogens (primary N) is 1. The molecule has 0 saturated carbocycles. The highest BCUT2D eigenvalue weighted by molar-refractivity contribution is 9.10. The molecule has 0 radical (unpaired) electrons. The highest BCUT2D eigenvalue weighted by atomic mass is 79.9. The topological polar surface area (TPSA) is 96.9 Å². The number of amides is 1. The van der Waals surface area contributed by atoms with Crippen molar-refractivity contribution in [3.05, 3.63) is 28.2 Å². The Morgan fingerprint density at radius 2 is 2.30 bits per heavy atom. The molecule has 1 rings (SSSR count). The number of hydrogen-bond acceptors (Lipinski definition) is 4. The predicted molar refractivity (Wildman–Crippen MR) is 81.0 cm³/mol. The van der Waals surface area contributed by atoms with E-state index in [1.54, 1.807) is 25.3 Å². The van der Waals surface area contributed by atoms with Crippen molar-refractivity contribution in [2.75, 3.05) is 12.4 Å². The van der Waals surface area contributed by atoms with E-state index in [0.717, 1.165) is 4.47 Å². The summed E-state index contributed by atoms with van der Waals surface area (Å²) in [6.07, 6.45) is 0.979. The molecule has 1 amide bonds. The second-order valence-electron chi connectivity index (χ2n) is 4.31. The number of benzene rings is 1. The van der Waals surface area contributed by atoms with Gasteiger partial charge in [-0.15, -0.1) is 0 Å². The standard InChI is InChI=1S/C13H18BrN3O3/c1-8(20-2)3-6-12(18)16-11-5-4-9(14)7-10(11)13(15)17-19/h4-5,7-8,19H,3,6H2,1-2H3,(H2,15,17)(H,16,18). The molecule has 1 aromatic carbocycles. The third-order valence-corrected chi connectivity index (χ3v) is 3.31. The molecule has 0 saturated heterocycles. The van der Waals surface area contributed by atoms with Crippen LogP contribution >= 0.6 is 15.9 Å². The van der Waals surface area contributed by atoms with Crippen LogP contribution in [0.25, 0.3) is 0 Å². The second-order valence-corrected chi connectivity index (χ2v) is 5.22. The van der Waals surface area contributed by atoms with Gasteiger partial charge in [-0.05, 0) is 31.5 Å². The second kappa shape index (κ2) is 7.86. The first kappa shape index (κ1) is 16.5. The third kappa shape index (κ3) is 4.82. The molecule has 0 aliphatic heterocycles.